The maximum Gasteiger partial charge on any atom is 0.0947 e. The van der Waals surface area contributed by atoms with Crippen molar-refractivity contribution in [2.75, 3.05) is 26.8 Å². The van der Waals surface area contributed by atoms with Gasteiger partial charge in [-0.2, -0.15) is 0 Å². The first-order valence-corrected chi connectivity index (χ1v) is 5.24. The third kappa shape index (κ3) is 2.81. The molecule has 0 radical (unpaired) electrons. The Morgan fingerprint density at radius 1 is 1.60 bits per heavy atom. The largest absolute Gasteiger partial charge is 0.472 e. The summed E-state index contributed by atoms with van der Waals surface area (Å²) in [5, 5.41) is 0. The lowest BCUT2D eigenvalue weighted by Crippen LogP contribution is -2.49. The molecule has 0 aromatic carbocycles. The van der Waals surface area contributed by atoms with E-state index in [-0.39, 0.29) is 5.54 Å². The van der Waals surface area contributed by atoms with Gasteiger partial charge in [0.1, 0.15) is 0 Å². The van der Waals surface area contributed by atoms with Crippen LogP contribution in [0.15, 0.2) is 23.0 Å². The van der Waals surface area contributed by atoms with Crippen molar-refractivity contribution in [1.82, 2.24) is 4.90 Å². The molecule has 0 amide bonds. The number of likely N-dealkylation sites (N-methyl/N-ethyl adjacent to an activating group) is 1. The molecule has 1 fully saturated rings. The number of nitrogens with two attached hydrogens (primary N) is 1. The van der Waals surface area contributed by atoms with Crippen LogP contribution in [0.25, 0.3) is 0 Å². The van der Waals surface area contributed by atoms with E-state index < -0.39 is 0 Å². The zero-order valence-electron chi connectivity index (χ0n) is 9.11. The quantitative estimate of drug-likeness (QED) is 0.799. The molecule has 1 aliphatic heterocycles. The summed E-state index contributed by atoms with van der Waals surface area (Å²) in [6.07, 6.45) is 4.41. The van der Waals surface area contributed by atoms with E-state index in [4.69, 9.17) is 14.9 Å². The molecular formula is C11H18N2O2. The summed E-state index contributed by atoms with van der Waals surface area (Å²) in [6.45, 7) is 3.19. The Bertz CT molecular complexity index is 292. The third-order valence-electron chi connectivity index (χ3n) is 2.75. The Labute approximate surface area is 90.0 Å². The predicted octanol–water partition coefficient (Wildman–Crippen LogP) is 0.829. The number of rotatable bonds is 4. The fraction of sp³-hybridized carbons (Fsp3) is 0.636. The molecule has 1 atom stereocenters. The molecule has 2 heterocycles. The fourth-order valence-electron chi connectivity index (χ4n) is 2.04. The number of ether oxygens (including phenoxy) is 1. The molecule has 84 valence electrons. The molecular weight excluding hydrogens is 192 g/mol. The standard InChI is InChI=1S/C11H18N2O2/c1-13(6-10-2-4-14-7-10)8-11(12)3-5-15-9-11/h2,4,7H,3,5-6,8-9,12H2,1H3. The molecule has 2 N–H and O–H groups in total. The number of hydrogen-bond donors (Lipinski definition) is 1. The van der Waals surface area contributed by atoms with Crippen molar-refractivity contribution in [2.24, 2.45) is 5.73 Å². The second-order valence-electron chi connectivity index (χ2n) is 4.47. The lowest BCUT2D eigenvalue weighted by Gasteiger charge is -2.28. The van der Waals surface area contributed by atoms with E-state index in [1.54, 1.807) is 12.5 Å². The van der Waals surface area contributed by atoms with Gasteiger partial charge in [0.2, 0.25) is 0 Å². The van der Waals surface area contributed by atoms with Crippen LogP contribution in [0.2, 0.25) is 0 Å². The van der Waals surface area contributed by atoms with E-state index in [2.05, 4.69) is 11.9 Å². The first kappa shape index (κ1) is 10.7. The van der Waals surface area contributed by atoms with Gasteiger partial charge in [0.25, 0.3) is 0 Å². The lowest BCUT2D eigenvalue weighted by atomic mass is 10.00. The summed E-state index contributed by atoms with van der Waals surface area (Å²) in [6, 6.07) is 1.98. The molecule has 1 aromatic rings. The van der Waals surface area contributed by atoms with Crippen molar-refractivity contribution >= 4 is 0 Å². The number of hydrogen-bond acceptors (Lipinski definition) is 4. The van der Waals surface area contributed by atoms with Crippen LogP contribution in [0.5, 0.6) is 0 Å². The Morgan fingerprint density at radius 3 is 3.07 bits per heavy atom. The monoisotopic (exact) mass is 210 g/mol. The van der Waals surface area contributed by atoms with Gasteiger partial charge in [-0.25, -0.2) is 0 Å². The summed E-state index contributed by atoms with van der Waals surface area (Å²) in [4.78, 5) is 2.21. The molecule has 0 bridgehead atoms. The van der Waals surface area contributed by atoms with Gasteiger partial charge < -0.3 is 19.8 Å². The van der Waals surface area contributed by atoms with Gasteiger partial charge >= 0.3 is 0 Å². The summed E-state index contributed by atoms with van der Waals surface area (Å²) in [5.74, 6) is 0. The summed E-state index contributed by atoms with van der Waals surface area (Å²) in [5.41, 5.74) is 7.21. The lowest BCUT2D eigenvalue weighted by molar-refractivity contribution is 0.159. The van der Waals surface area contributed by atoms with E-state index >= 15 is 0 Å². The SMILES string of the molecule is CN(Cc1ccoc1)CC1(N)CCOC1. The number of furan rings is 1. The molecule has 4 nitrogen and oxygen atoms in total. The van der Waals surface area contributed by atoms with Crippen molar-refractivity contribution in [1.29, 1.82) is 0 Å². The van der Waals surface area contributed by atoms with Crippen molar-refractivity contribution in [3.63, 3.8) is 0 Å². The maximum atomic E-state index is 6.20. The highest BCUT2D eigenvalue weighted by molar-refractivity contribution is 5.05. The highest BCUT2D eigenvalue weighted by Gasteiger charge is 2.31. The minimum Gasteiger partial charge on any atom is -0.472 e. The van der Waals surface area contributed by atoms with Crippen molar-refractivity contribution < 1.29 is 9.15 Å². The van der Waals surface area contributed by atoms with Crippen LogP contribution in [0, 0.1) is 0 Å². The molecule has 0 aliphatic carbocycles. The Kier molecular flexibility index (Phi) is 3.09. The zero-order valence-corrected chi connectivity index (χ0v) is 9.11. The summed E-state index contributed by atoms with van der Waals surface area (Å²) < 4.78 is 10.4. The summed E-state index contributed by atoms with van der Waals surface area (Å²) in [7, 11) is 2.07. The van der Waals surface area contributed by atoms with E-state index in [9.17, 15) is 0 Å². The van der Waals surface area contributed by atoms with Crippen LogP contribution in [-0.2, 0) is 11.3 Å². The minimum atomic E-state index is -0.168. The Hall–Kier alpha value is -0.840. The van der Waals surface area contributed by atoms with E-state index in [0.717, 1.165) is 26.1 Å². The average molecular weight is 210 g/mol. The van der Waals surface area contributed by atoms with Crippen molar-refractivity contribution in [2.45, 2.75) is 18.5 Å². The molecule has 0 spiro atoms. The third-order valence-corrected chi connectivity index (χ3v) is 2.75. The van der Waals surface area contributed by atoms with Crippen LogP contribution in [0.3, 0.4) is 0 Å². The molecule has 1 aromatic heterocycles. The van der Waals surface area contributed by atoms with Gasteiger partial charge in [0.15, 0.2) is 0 Å². The molecule has 2 rings (SSSR count). The van der Waals surface area contributed by atoms with Crippen LogP contribution in [0.4, 0.5) is 0 Å². The van der Waals surface area contributed by atoms with E-state index in [1.165, 1.54) is 5.56 Å². The van der Waals surface area contributed by atoms with Gasteiger partial charge in [0.05, 0.1) is 24.7 Å². The van der Waals surface area contributed by atoms with E-state index in [0.29, 0.717) is 6.61 Å². The van der Waals surface area contributed by atoms with Crippen molar-refractivity contribution in [3.05, 3.63) is 24.2 Å². The number of nitrogens with zero attached hydrogens (tertiary/aromatic N) is 1. The molecule has 15 heavy (non-hydrogen) atoms. The topological polar surface area (TPSA) is 51.6 Å². The highest BCUT2D eigenvalue weighted by Crippen LogP contribution is 2.17. The van der Waals surface area contributed by atoms with Crippen molar-refractivity contribution in [3.8, 4) is 0 Å². The Balaban J connectivity index is 1.84. The van der Waals surface area contributed by atoms with Gasteiger partial charge in [-0.05, 0) is 19.5 Å². The van der Waals surface area contributed by atoms with Crippen LogP contribution in [-0.4, -0.2) is 37.2 Å². The molecule has 4 heteroatoms. The second kappa shape index (κ2) is 4.35. The van der Waals surface area contributed by atoms with Crippen LogP contribution in [0.1, 0.15) is 12.0 Å². The average Bonchev–Trinajstić information content (AvgIpc) is 2.76. The predicted molar refractivity (Wildman–Crippen MR) is 57.4 cm³/mol. The minimum absolute atomic E-state index is 0.168. The molecule has 1 saturated heterocycles. The van der Waals surface area contributed by atoms with E-state index in [1.807, 2.05) is 6.07 Å². The van der Waals surface area contributed by atoms with Crippen LogP contribution >= 0.6 is 0 Å². The summed E-state index contributed by atoms with van der Waals surface area (Å²) >= 11 is 0. The zero-order chi connectivity index (χ0) is 10.7. The van der Waals surface area contributed by atoms with Gasteiger partial charge in [0, 0.05) is 25.3 Å². The van der Waals surface area contributed by atoms with Gasteiger partial charge in [-0.3, -0.25) is 0 Å². The molecule has 0 saturated carbocycles. The smallest absolute Gasteiger partial charge is 0.0947 e. The van der Waals surface area contributed by atoms with Crippen LogP contribution < -0.4 is 5.73 Å². The first-order chi connectivity index (χ1) is 7.18. The maximum absolute atomic E-state index is 6.20. The second-order valence-corrected chi connectivity index (χ2v) is 4.47. The molecule has 1 aliphatic rings. The fourth-order valence-corrected chi connectivity index (χ4v) is 2.04. The molecule has 1 unspecified atom stereocenters. The first-order valence-electron chi connectivity index (χ1n) is 5.24. The highest BCUT2D eigenvalue weighted by atomic mass is 16.5. The normalized spacial score (nSPS) is 26.3. The van der Waals surface area contributed by atoms with Gasteiger partial charge in [-0.15, -0.1) is 0 Å². The Morgan fingerprint density at radius 2 is 2.47 bits per heavy atom. The van der Waals surface area contributed by atoms with Gasteiger partial charge in [-0.1, -0.05) is 0 Å².